The standard InChI is InChI=1S/C17H28N2O2/c1-2-21-17(20)13-15(7-3-4-11-18)8-5-9-16-10-6-12-19-14-16/h6,10,12,14-15H,2-5,7-9,11,13,18H2,1H3. The lowest BCUT2D eigenvalue weighted by atomic mass is 9.92. The number of hydrogen-bond acceptors (Lipinski definition) is 4. The van der Waals surface area contributed by atoms with Crippen LogP contribution >= 0.6 is 0 Å². The number of unbranched alkanes of at least 4 members (excludes halogenated alkanes) is 1. The number of carbonyl (C=O) groups is 1. The third-order valence-corrected chi connectivity index (χ3v) is 3.63. The second-order valence-electron chi connectivity index (χ2n) is 5.41. The van der Waals surface area contributed by atoms with Crippen LogP contribution < -0.4 is 5.73 Å². The van der Waals surface area contributed by atoms with Crippen LogP contribution in [0, 0.1) is 5.92 Å². The molecule has 2 N–H and O–H groups in total. The second kappa shape index (κ2) is 11.3. The quantitative estimate of drug-likeness (QED) is 0.503. The van der Waals surface area contributed by atoms with Gasteiger partial charge in [0.25, 0.3) is 0 Å². The molecule has 1 heterocycles. The van der Waals surface area contributed by atoms with Crippen molar-refractivity contribution in [1.82, 2.24) is 4.98 Å². The lowest BCUT2D eigenvalue weighted by Crippen LogP contribution is -2.13. The number of carbonyl (C=O) groups excluding carboxylic acids is 1. The van der Waals surface area contributed by atoms with Crippen molar-refractivity contribution in [3.8, 4) is 0 Å². The molecule has 0 saturated carbocycles. The Bertz CT molecular complexity index is 382. The summed E-state index contributed by atoms with van der Waals surface area (Å²) in [4.78, 5) is 15.8. The summed E-state index contributed by atoms with van der Waals surface area (Å²) in [6.07, 6.45) is 10.6. The summed E-state index contributed by atoms with van der Waals surface area (Å²) in [5.41, 5.74) is 6.80. The highest BCUT2D eigenvalue weighted by atomic mass is 16.5. The van der Waals surface area contributed by atoms with Crippen molar-refractivity contribution < 1.29 is 9.53 Å². The summed E-state index contributed by atoms with van der Waals surface area (Å²) in [6.45, 7) is 3.04. The first-order chi connectivity index (χ1) is 10.3. The first-order valence-corrected chi connectivity index (χ1v) is 8.00. The number of aryl methyl sites for hydroxylation is 1. The maximum atomic E-state index is 11.7. The Hall–Kier alpha value is -1.42. The Morgan fingerprint density at radius 1 is 1.33 bits per heavy atom. The van der Waals surface area contributed by atoms with Gasteiger partial charge in [0.2, 0.25) is 0 Å². The minimum atomic E-state index is -0.0726. The summed E-state index contributed by atoms with van der Waals surface area (Å²) >= 11 is 0. The molecule has 0 bridgehead atoms. The van der Waals surface area contributed by atoms with E-state index in [4.69, 9.17) is 10.5 Å². The Balaban J connectivity index is 2.34. The zero-order valence-corrected chi connectivity index (χ0v) is 13.1. The van der Waals surface area contributed by atoms with Gasteiger partial charge in [-0.15, -0.1) is 0 Å². The van der Waals surface area contributed by atoms with Crippen LogP contribution in [0.15, 0.2) is 24.5 Å². The van der Waals surface area contributed by atoms with E-state index in [9.17, 15) is 4.79 Å². The van der Waals surface area contributed by atoms with Crippen molar-refractivity contribution in [3.05, 3.63) is 30.1 Å². The molecule has 1 aromatic heterocycles. The van der Waals surface area contributed by atoms with Gasteiger partial charge in [-0.25, -0.2) is 0 Å². The van der Waals surface area contributed by atoms with Crippen LogP contribution in [0.2, 0.25) is 0 Å². The van der Waals surface area contributed by atoms with Crippen LogP contribution in [-0.4, -0.2) is 24.1 Å². The molecule has 0 radical (unpaired) electrons. The number of rotatable bonds is 11. The smallest absolute Gasteiger partial charge is 0.306 e. The summed E-state index contributed by atoms with van der Waals surface area (Å²) in [5.74, 6) is 0.337. The van der Waals surface area contributed by atoms with Gasteiger partial charge in [-0.05, 0) is 63.1 Å². The molecule has 0 aliphatic carbocycles. The minimum Gasteiger partial charge on any atom is -0.466 e. The molecule has 118 valence electrons. The molecule has 1 unspecified atom stereocenters. The third-order valence-electron chi connectivity index (χ3n) is 3.63. The van der Waals surface area contributed by atoms with E-state index in [-0.39, 0.29) is 5.97 Å². The van der Waals surface area contributed by atoms with E-state index in [1.54, 1.807) is 6.20 Å². The molecule has 4 heteroatoms. The highest BCUT2D eigenvalue weighted by Crippen LogP contribution is 2.20. The zero-order valence-electron chi connectivity index (χ0n) is 13.1. The summed E-state index contributed by atoms with van der Waals surface area (Å²) < 4.78 is 5.07. The second-order valence-corrected chi connectivity index (χ2v) is 5.41. The van der Waals surface area contributed by atoms with E-state index in [1.807, 2.05) is 19.2 Å². The van der Waals surface area contributed by atoms with E-state index < -0.39 is 0 Å². The Morgan fingerprint density at radius 2 is 2.14 bits per heavy atom. The van der Waals surface area contributed by atoms with Gasteiger partial charge >= 0.3 is 5.97 Å². The molecule has 21 heavy (non-hydrogen) atoms. The topological polar surface area (TPSA) is 65.2 Å². The SMILES string of the molecule is CCOC(=O)CC(CCCCN)CCCc1cccnc1. The molecule has 4 nitrogen and oxygen atoms in total. The van der Waals surface area contributed by atoms with Crippen molar-refractivity contribution in [1.29, 1.82) is 0 Å². The number of esters is 1. The van der Waals surface area contributed by atoms with E-state index in [2.05, 4.69) is 11.1 Å². The lowest BCUT2D eigenvalue weighted by Gasteiger charge is -2.16. The monoisotopic (exact) mass is 292 g/mol. The van der Waals surface area contributed by atoms with Gasteiger partial charge in [0, 0.05) is 18.8 Å². The molecule has 1 rings (SSSR count). The van der Waals surface area contributed by atoms with E-state index in [0.29, 0.717) is 18.9 Å². The fourth-order valence-electron chi connectivity index (χ4n) is 2.52. The van der Waals surface area contributed by atoms with Crippen molar-refractivity contribution >= 4 is 5.97 Å². The van der Waals surface area contributed by atoms with E-state index in [0.717, 1.165) is 45.1 Å². The predicted molar refractivity (Wildman–Crippen MR) is 84.8 cm³/mol. The maximum absolute atomic E-state index is 11.7. The number of pyridine rings is 1. The normalized spacial score (nSPS) is 12.1. The molecular weight excluding hydrogens is 264 g/mol. The maximum Gasteiger partial charge on any atom is 0.306 e. The molecule has 0 spiro atoms. The van der Waals surface area contributed by atoms with Crippen LogP contribution in [0.25, 0.3) is 0 Å². The molecule has 0 saturated heterocycles. The fraction of sp³-hybridized carbons (Fsp3) is 0.647. The van der Waals surface area contributed by atoms with Crippen LogP contribution in [0.5, 0.6) is 0 Å². The first-order valence-electron chi connectivity index (χ1n) is 8.00. The van der Waals surface area contributed by atoms with Gasteiger partial charge in [-0.1, -0.05) is 12.5 Å². The average Bonchev–Trinajstić information content (AvgIpc) is 2.48. The van der Waals surface area contributed by atoms with Crippen molar-refractivity contribution in [2.75, 3.05) is 13.2 Å². The zero-order chi connectivity index (χ0) is 15.3. The van der Waals surface area contributed by atoms with Crippen molar-refractivity contribution in [2.45, 2.75) is 51.9 Å². The number of aromatic nitrogens is 1. The Labute approximate surface area is 128 Å². The highest BCUT2D eigenvalue weighted by molar-refractivity contribution is 5.69. The number of ether oxygens (including phenoxy) is 1. The minimum absolute atomic E-state index is 0.0726. The average molecular weight is 292 g/mol. The van der Waals surface area contributed by atoms with Gasteiger partial charge in [0.1, 0.15) is 0 Å². The number of hydrogen-bond donors (Lipinski definition) is 1. The molecule has 0 aromatic carbocycles. The third kappa shape index (κ3) is 8.45. The summed E-state index contributed by atoms with van der Waals surface area (Å²) in [5, 5.41) is 0. The van der Waals surface area contributed by atoms with Crippen LogP contribution in [0.4, 0.5) is 0 Å². The Morgan fingerprint density at radius 3 is 2.81 bits per heavy atom. The molecular formula is C17H28N2O2. The van der Waals surface area contributed by atoms with Crippen LogP contribution in [0.3, 0.4) is 0 Å². The van der Waals surface area contributed by atoms with Crippen molar-refractivity contribution in [2.24, 2.45) is 11.7 Å². The molecule has 0 aliphatic heterocycles. The van der Waals surface area contributed by atoms with Gasteiger partial charge in [0.05, 0.1) is 6.61 Å². The van der Waals surface area contributed by atoms with Gasteiger partial charge in [-0.3, -0.25) is 9.78 Å². The van der Waals surface area contributed by atoms with Crippen molar-refractivity contribution in [3.63, 3.8) is 0 Å². The van der Waals surface area contributed by atoms with Gasteiger partial charge in [-0.2, -0.15) is 0 Å². The molecule has 1 aromatic rings. The Kier molecular flexibility index (Phi) is 9.46. The van der Waals surface area contributed by atoms with Gasteiger partial charge < -0.3 is 10.5 Å². The molecule has 1 atom stereocenters. The largest absolute Gasteiger partial charge is 0.466 e. The fourth-order valence-corrected chi connectivity index (χ4v) is 2.52. The summed E-state index contributed by atoms with van der Waals surface area (Å²) in [7, 11) is 0. The van der Waals surface area contributed by atoms with Crippen LogP contribution in [0.1, 0.15) is 51.0 Å². The van der Waals surface area contributed by atoms with E-state index >= 15 is 0 Å². The predicted octanol–water partition coefficient (Wildman–Crippen LogP) is 3.10. The number of nitrogens with two attached hydrogens (primary N) is 1. The molecule has 0 amide bonds. The number of nitrogens with zero attached hydrogens (tertiary/aromatic N) is 1. The van der Waals surface area contributed by atoms with Crippen LogP contribution in [-0.2, 0) is 16.0 Å². The van der Waals surface area contributed by atoms with E-state index in [1.165, 1.54) is 5.56 Å². The lowest BCUT2D eigenvalue weighted by molar-refractivity contribution is -0.144. The highest BCUT2D eigenvalue weighted by Gasteiger charge is 2.14. The summed E-state index contributed by atoms with van der Waals surface area (Å²) in [6, 6.07) is 4.06. The van der Waals surface area contributed by atoms with Gasteiger partial charge in [0.15, 0.2) is 0 Å². The first kappa shape index (κ1) is 17.6. The molecule has 0 fully saturated rings. The molecule has 0 aliphatic rings.